The van der Waals surface area contributed by atoms with Crippen molar-refractivity contribution < 1.29 is 0 Å². The van der Waals surface area contributed by atoms with Gasteiger partial charge in [-0.05, 0) is 25.4 Å². The molecule has 78 valence electrons. The fourth-order valence-corrected chi connectivity index (χ4v) is 1.53. The van der Waals surface area contributed by atoms with E-state index in [0.29, 0.717) is 17.2 Å². The fraction of sp³-hybridized carbons (Fsp3) is 0.222. The van der Waals surface area contributed by atoms with E-state index in [-0.39, 0.29) is 5.28 Å². The zero-order chi connectivity index (χ0) is 11.0. The number of nitrogen functional groups attached to an aromatic ring is 1. The maximum atomic E-state index is 5.88. The van der Waals surface area contributed by atoms with Crippen LogP contribution in [-0.2, 0) is 0 Å². The summed E-state index contributed by atoms with van der Waals surface area (Å²) >= 11 is 5.78. The van der Waals surface area contributed by atoms with Crippen molar-refractivity contribution in [3.8, 4) is 5.82 Å². The van der Waals surface area contributed by atoms with Gasteiger partial charge in [0.05, 0.1) is 11.4 Å². The molecule has 0 aliphatic rings. The van der Waals surface area contributed by atoms with Gasteiger partial charge in [-0.3, -0.25) is 4.57 Å². The van der Waals surface area contributed by atoms with Crippen molar-refractivity contribution >= 4 is 17.3 Å². The van der Waals surface area contributed by atoms with Crippen molar-refractivity contribution in [2.75, 3.05) is 5.73 Å². The molecule has 0 bridgehead atoms. The van der Waals surface area contributed by atoms with E-state index in [1.165, 1.54) is 0 Å². The molecule has 6 heteroatoms. The minimum absolute atomic E-state index is 0.185. The second-order valence-corrected chi connectivity index (χ2v) is 3.50. The second-order valence-electron chi connectivity index (χ2n) is 3.16. The lowest BCUT2D eigenvalue weighted by Gasteiger charge is -2.09. The lowest BCUT2D eigenvalue weighted by molar-refractivity contribution is 0.916. The van der Waals surface area contributed by atoms with Gasteiger partial charge in [-0.2, -0.15) is 4.98 Å². The minimum atomic E-state index is 0.185. The molecule has 0 aliphatic heterocycles. The van der Waals surface area contributed by atoms with Crippen LogP contribution in [0, 0.1) is 13.8 Å². The summed E-state index contributed by atoms with van der Waals surface area (Å²) in [5.41, 5.74) is 7.06. The third kappa shape index (κ3) is 1.66. The van der Waals surface area contributed by atoms with Gasteiger partial charge >= 0.3 is 0 Å². The van der Waals surface area contributed by atoms with Gasteiger partial charge in [-0.25, -0.2) is 9.97 Å². The average Bonchev–Trinajstić information content (AvgIpc) is 2.58. The molecule has 0 unspecified atom stereocenters. The number of nitrogens with zero attached hydrogens (tertiary/aromatic N) is 4. The van der Waals surface area contributed by atoms with E-state index in [4.69, 9.17) is 17.3 Å². The minimum Gasteiger partial charge on any atom is -0.394 e. The summed E-state index contributed by atoms with van der Waals surface area (Å²) in [5, 5.41) is 0.185. The van der Waals surface area contributed by atoms with Crippen LogP contribution in [0.5, 0.6) is 0 Å². The first-order valence-corrected chi connectivity index (χ1v) is 4.77. The van der Waals surface area contributed by atoms with Gasteiger partial charge in [-0.1, -0.05) is 0 Å². The lowest BCUT2D eigenvalue weighted by Crippen LogP contribution is -2.07. The van der Waals surface area contributed by atoms with Gasteiger partial charge < -0.3 is 5.73 Å². The van der Waals surface area contributed by atoms with Crippen LogP contribution in [0.4, 0.5) is 5.69 Å². The van der Waals surface area contributed by atoms with Gasteiger partial charge in [0.1, 0.15) is 5.82 Å². The van der Waals surface area contributed by atoms with Crippen LogP contribution in [0.2, 0.25) is 5.28 Å². The number of aromatic nitrogens is 4. The predicted octanol–water partition coefficient (Wildman–Crippen LogP) is 1.51. The van der Waals surface area contributed by atoms with E-state index in [2.05, 4.69) is 15.0 Å². The maximum absolute atomic E-state index is 5.88. The summed E-state index contributed by atoms with van der Waals surface area (Å²) in [6.45, 7) is 3.66. The SMILES string of the molecule is Cc1nc(Cl)nc(-n2ccnc2C)c1N. The quantitative estimate of drug-likeness (QED) is 0.745. The highest BCUT2D eigenvalue weighted by Crippen LogP contribution is 2.20. The number of anilines is 1. The fourth-order valence-electron chi connectivity index (χ4n) is 1.32. The maximum Gasteiger partial charge on any atom is 0.224 e. The van der Waals surface area contributed by atoms with Gasteiger partial charge in [0.15, 0.2) is 5.82 Å². The number of halogens is 1. The van der Waals surface area contributed by atoms with Crippen LogP contribution in [0.1, 0.15) is 11.5 Å². The molecule has 2 aromatic rings. The Hall–Kier alpha value is -1.62. The zero-order valence-corrected chi connectivity index (χ0v) is 9.15. The van der Waals surface area contributed by atoms with Crippen molar-refractivity contribution in [3.63, 3.8) is 0 Å². The Morgan fingerprint density at radius 3 is 2.67 bits per heavy atom. The Labute approximate surface area is 91.9 Å². The van der Waals surface area contributed by atoms with Gasteiger partial charge in [0.25, 0.3) is 0 Å². The summed E-state index contributed by atoms with van der Waals surface area (Å²) in [7, 11) is 0. The Morgan fingerprint density at radius 1 is 1.33 bits per heavy atom. The van der Waals surface area contributed by atoms with Gasteiger partial charge in [0.2, 0.25) is 5.28 Å². The first-order chi connectivity index (χ1) is 7.09. The van der Waals surface area contributed by atoms with Crippen LogP contribution in [-0.4, -0.2) is 19.5 Å². The zero-order valence-electron chi connectivity index (χ0n) is 8.40. The number of hydrogen-bond donors (Lipinski definition) is 1. The molecule has 0 amide bonds. The number of imidazole rings is 1. The molecule has 0 aliphatic carbocycles. The molecule has 0 spiro atoms. The standard InChI is InChI=1S/C9H10ClN5/c1-5-7(11)8(14-9(10)13-5)15-4-3-12-6(15)2/h3-4H,11H2,1-2H3. The first kappa shape index (κ1) is 9.92. The van der Waals surface area contributed by atoms with Crippen molar-refractivity contribution in [1.29, 1.82) is 0 Å². The molecule has 2 aromatic heterocycles. The molecule has 0 atom stereocenters. The van der Waals surface area contributed by atoms with E-state index >= 15 is 0 Å². The van der Waals surface area contributed by atoms with Crippen molar-refractivity contribution in [2.45, 2.75) is 13.8 Å². The Morgan fingerprint density at radius 2 is 2.07 bits per heavy atom. The third-order valence-corrected chi connectivity index (χ3v) is 2.31. The third-order valence-electron chi connectivity index (χ3n) is 2.14. The van der Waals surface area contributed by atoms with Crippen LogP contribution in [0.15, 0.2) is 12.4 Å². The lowest BCUT2D eigenvalue weighted by atomic mass is 10.3. The highest BCUT2D eigenvalue weighted by Gasteiger charge is 2.10. The molecule has 2 heterocycles. The number of hydrogen-bond acceptors (Lipinski definition) is 4. The number of aryl methyl sites for hydroxylation is 2. The van der Waals surface area contributed by atoms with Crippen LogP contribution in [0.25, 0.3) is 5.82 Å². The van der Waals surface area contributed by atoms with Crippen LogP contribution < -0.4 is 5.73 Å². The normalized spacial score (nSPS) is 10.6. The summed E-state index contributed by atoms with van der Waals surface area (Å²) in [4.78, 5) is 12.2. The molecule has 0 radical (unpaired) electrons. The predicted molar refractivity (Wildman–Crippen MR) is 58.1 cm³/mol. The Kier molecular flexibility index (Phi) is 2.32. The van der Waals surface area contributed by atoms with E-state index in [0.717, 1.165) is 5.82 Å². The molecule has 2 N–H and O–H groups in total. The molecule has 0 fully saturated rings. The molecule has 0 aromatic carbocycles. The van der Waals surface area contributed by atoms with Gasteiger partial charge in [0, 0.05) is 12.4 Å². The Balaban J connectivity index is 2.68. The number of rotatable bonds is 1. The van der Waals surface area contributed by atoms with E-state index in [9.17, 15) is 0 Å². The monoisotopic (exact) mass is 223 g/mol. The van der Waals surface area contributed by atoms with E-state index in [1.54, 1.807) is 23.9 Å². The molecular formula is C9H10ClN5. The molecule has 0 saturated carbocycles. The molecule has 5 nitrogen and oxygen atoms in total. The number of nitrogens with two attached hydrogens (primary N) is 1. The first-order valence-electron chi connectivity index (χ1n) is 4.39. The smallest absolute Gasteiger partial charge is 0.224 e. The van der Waals surface area contributed by atoms with Gasteiger partial charge in [-0.15, -0.1) is 0 Å². The van der Waals surface area contributed by atoms with Crippen LogP contribution >= 0.6 is 11.6 Å². The van der Waals surface area contributed by atoms with Crippen molar-refractivity contribution in [2.24, 2.45) is 0 Å². The second kappa shape index (κ2) is 3.51. The van der Waals surface area contributed by atoms with E-state index in [1.807, 2.05) is 6.92 Å². The molecule has 2 rings (SSSR count). The summed E-state index contributed by atoms with van der Waals surface area (Å²) in [6.07, 6.45) is 3.46. The molecule has 15 heavy (non-hydrogen) atoms. The highest BCUT2D eigenvalue weighted by molar-refractivity contribution is 6.28. The molecule has 0 saturated heterocycles. The Bertz CT molecular complexity index is 505. The summed E-state index contributed by atoms with van der Waals surface area (Å²) in [6, 6.07) is 0. The van der Waals surface area contributed by atoms with Crippen molar-refractivity contribution in [3.05, 3.63) is 29.2 Å². The largest absolute Gasteiger partial charge is 0.394 e. The topological polar surface area (TPSA) is 69.6 Å². The summed E-state index contributed by atoms with van der Waals surface area (Å²) < 4.78 is 1.77. The van der Waals surface area contributed by atoms with Crippen molar-refractivity contribution in [1.82, 2.24) is 19.5 Å². The highest BCUT2D eigenvalue weighted by atomic mass is 35.5. The van der Waals surface area contributed by atoms with Crippen LogP contribution in [0.3, 0.4) is 0 Å². The summed E-state index contributed by atoms with van der Waals surface area (Å²) in [5.74, 6) is 1.37. The molecular weight excluding hydrogens is 214 g/mol. The van der Waals surface area contributed by atoms with E-state index < -0.39 is 0 Å². The average molecular weight is 224 g/mol.